The average molecular weight is 245 g/mol. The molecule has 0 radical (unpaired) electrons. The Kier molecular flexibility index (Phi) is 3.19. The third kappa shape index (κ3) is 2.20. The molecule has 0 aliphatic carbocycles. The van der Waals surface area contributed by atoms with Crippen molar-refractivity contribution in [2.45, 2.75) is 19.3 Å². The number of nitrogens with one attached hydrogen (secondary N) is 1. The third-order valence-corrected chi connectivity index (χ3v) is 3.67. The highest BCUT2D eigenvalue weighted by Crippen LogP contribution is 2.22. The van der Waals surface area contributed by atoms with Crippen LogP contribution in [0.3, 0.4) is 0 Å². The third-order valence-electron chi connectivity index (χ3n) is 3.67. The second-order valence-corrected chi connectivity index (χ2v) is 4.94. The molecule has 0 bridgehead atoms. The summed E-state index contributed by atoms with van der Waals surface area (Å²) in [6, 6.07) is 3.94. The second-order valence-electron chi connectivity index (χ2n) is 4.94. The van der Waals surface area contributed by atoms with Crippen molar-refractivity contribution in [3.05, 3.63) is 30.2 Å². The van der Waals surface area contributed by atoms with Crippen LogP contribution >= 0.6 is 0 Å². The van der Waals surface area contributed by atoms with E-state index in [1.165, 1.54) is 18.5 Å². The van der Waals surface area contributed by atoms with Gasteiger partial charge < -0.3 is 14.5 Å². The van der Waals surface area contributed by atoms with Gasteiger partial charge in [0.25, 0.3) is 0 Å². The van der Waals surface area contributed by atoms with Gasteiger partial charge in [-0.3, -0.25) is 0 Å². The van der Waals surface area contributed by atoms with Gasteiger partial charge >= 0.3 is 0 Å². The summed E-state index contributed by atoms with van der Waals surface area (Å²) in [6.45, 7) is 2.28. The van der Waals surface area contributed by atoms with Crippen LogP contribution in [-0.2, 0) is 6.42 Å². The molecule has 2 aromatic heterocycles. The van der Waals surface area contributed by atoms with Gasteiger partial charge in [-0.25, -0.2) is 4.98 Å². The number of nitrogens with zero attached hydrogens (tertiary/aromatic N) is 2. The minimum absolute atomic E-state index is 0.766. The lowest BCUT2D eigenvalue weighted by molar-refractivity contribution is 0.370. The number of pyridine rings is 1. The number of methoxy groups -OCH3 is 1. The summed E-state index contributed by atoms with van der Waals surface area (Å²) in [7, 11) is 1.69. The number of imidazole rings is 1. The fourth-order valence-electron chi connectivity index (χ4n) is 2.68. The summed E-state index contributed by atoms with van der Waals surface area (Å²) in [5.41, 5.74) is 2.09. The Balaban J connectivity index is 1.84. The van der Waals surface area contributed by atoms with Crippen molar-refractivity contribution < 1.29 is 4.74 Å². The van der Waals surface area contributed by atoms with Crippen molar-refractivity contribution in [2.24, 2.45) is 5.92 Å². The highest BCUT2D eigenvalue weighted by molar-refractivity contribution is 5.54. The molecule has 0 saturated carbocycles. The molecule has 1 fully saturated rings. The predicted octanol–water partition coefficient (Wildman–Crippen LogP) is 1.88. The number of rotatable bonds is 3. The van der Waals surface area contributed by atoms with E-state index in [1.54, 1.807) is 7.11 Å². The van der Waals surface area contributed by atoms with Gasteiger partial charge in [0.05, 0.1) is 12.8 Å². The maximum Gasteiger partial charge on any atom is 0.179 e. The van der Waals surface area contributed by atoms with Crippen LogP contribution in [0.2, 0.25) is 0 Å². The lowest BCUT2D eigenvalue weighted by Gasteiger charge is -2.21. The topological polar surface area (TPSA) is 38.6 Å². The molecule has 1 N–H and O–H groups in total. The molecule has 0 amide bonds. The Morgan fingerprint density at radius 2 is 2.28 bits per heavy atom. The molecule has 4 nitrogen and oxygen atoms in total. The standard InChI is InChI=1S/C14H19N3O/c1-18-13-3-2-8-17-10-12(16-14(13)17)9-11-4-6-15-7-5-11/h2-3,8,10-11,15H,4-7,9H2,1H3. The highest BCUT2D eigenvalue weighted by Gasteiger charge is 2.15. The lowest BCUT2D eigenvalue weighted by atomic mass is 9.93. The Morgan fingerprint density at radius 3 is 3.06 bits per heavy atom. The van der Waals surface area contributed by atoms with Crippen LogP contribution in [-0.4, -0.2) is 29.6 Å². The minimum Gasteiger partial charge on any atom is -0.493 e. The SMILES string of the molecule is COc1cccn2cc(CC3CCNCC3)nc12. The number of fused-ring (bicyclic) bond motifs is 1. The zero-order valence-electron chi connectivity index (χ0n) is 10.7. The summed E-state index contributed by atoms with van der Waals surface area (Å²) in [4.78, 5) is 4.70. The maximum atomic E-state index is 5.34. The molecule has 3 rings (SSSR count). The Morgan fingerprint density at radius 1 is 1.44 bits per heavy atom. The molecule has 0 spiro atoms. The number of hydrogen-bond acceptors (Lipinski definition) is 3. The molecule has 3 heterocycles. The first-order chi connectivity index (χ1) is 8.86. The molecular formula is C14H19N3O. The number of ether oxygens (including phenoxy) is 1. The van der Waals surface area contributed by atoms with Crippen LogP contribution in [0.4, 0.5) is 0 Å². The number of aromatic nitrogens is 2. The summed E-state index contributed by atoms with van der Waals surface area (Å²) in [6.07, 6.45) is 7.74. The maximum absolute atomic E-state index is 5.34. The van der Waals surface area contributed by atoms with E-state index < -0.39 is 0 Å². The fraction of sp³-hybridized carbons (Fsp3) is 0.500. The summed E-state index contributed by atoms with van der Waals surface area (Å²) < 4.78 is 7.39. The molecule has 0 aromatic carbocycles. The number of piperidine rings is 1. The molecule has 0 atom stereocenters. The van der Waals surface area contributed by atoms with Gasteiger partial charge in [-0.15, -0.1) is 0 Å². The Hall–Kier alpha value is -1.55. The highest BCUT2D eigenvalue weighted by atomic mass is 16.5. The van der Waals surface area contributed by atoms with Crippen molar-refractivity contribution in [1.29, 1.82) is 0 Å². The fourth-order valence-corrected chi connectivity index (χ4v) is 2.68. The lowest BCUT2D eigenvalue weighted by Crippen LogP contribution is -2.28. The first kappa shape index (κ1) is 11.5. The first-order valence-electron chi connectivity index (χ1n) is 6.58. The quantitative estimate of drug-likeness (QED) is 0.897. The van der Waals surface area contributed by atoms with Gasteiger partial charge in [0, 0.05) is 12.4 Å². The van der Waals surface area contributed by atoms with E-state index in [4.69, 9.17) is 9.72 Å². The van der Waals surface area contributed by atoms with Gasteiger partial charge in [0.2, 0.25) is 0 Å². The van der Waals surface area contributed by atoms with Gasteiger partial charge in [-0.2, -0.15) is 0 Å². The molecular weight excluding hydrogens is 226 g/mol. The summed E-state index contributed by atoms with van der Waals surface area (Å²) >= 11 is 0. The van der Waals surface area contributed by atoms with Gasteiger partial charge in [-0.05, 0) is 50.4 Å². The van der Waals surface area contributed by atoms with E-state index >= 15 is 0 Å². The zero-order valence-corrected chi connectivity index (χ0v) is 10.7. The van der Waals surface area contributed by atoms with E-state index in [9.17, 15) is 0 Å². The largest absolute Gasteiger partial charge is 0.493 e. The van der Waals surface area contributed by atoms with E-state index in [0.29, 0.717) is 0 Å². The molecule has 2 aromatic rings. The van der Waals surface area contributed by atoms with Crippen LogP contribution in [0.15, 0.2) is 24.5 Å². The van der Waals surface area contributed by atoms with Crippen molar-refractivity contribution in [2.75, 3.05) is 20.2 Å². The van der Waals surface area contributed by atoms with Crippen molar-refractivity contribution in [3.8, 4) is 5.75 Å². The Bertz CT molecular complexity index is 529. The smallest absolute Gasteiger partial charge is 0.179 e. The monoisotopic (exact) mass is 245 g/mol. The van der Waals surface area contributed by atoms with Crippen LogP contribution in [0.5, 0.6) is 5.75 Å². The molecule has 1 aliphatic heterocycles. The normalized spacial score (nSPS) is 17.2. The zero-order chi connectivity index (χ0) is 12.4. The van der Waals surface area contributed by atoms with E-state index in [0.717, 1.165) is 36.8 Å². The Labute approximate surface area is 107 Å². The van der Waals surface area contributed by atoms with E-state index in [1.807, 2.05) is 18.3 Å². The first-order valence-corrected chi connectivity index (χ1v) is 6.58. The number of hydrogen-bond donors (Lipinski definition) is 1. The predicted molar refractivity (Wildman–Crippen MR) is 71.0 cm³/mol. The molecule has 1 saturated heterocycles. The van der Waals surface area contributed by atoms with Gasteiger partial charge in [-0.1, -0.05) is 0 Å². The van der Waals surface area contributed by atoms with Crippen LogP contribution in [0.1, 0.15) is 18.5 Å². The molecule has 1 aliphatic rings. The minimum atomic E-state index is 0.766. The van der Waals surface area contributed by atoms with Crippen molar-refractivity contribution >= 4 is 5.65 Å². The van der Waals surface area contributed by atoms with Gasteiger partial charge in [0.15, 0.2) is 11.4 Å². The van der Waals surface area contributed by atoms with E-state index in [-0.39, 0.29) is 0 Å². The molecule has 4 heteroatoms. The summed E-state index contributed by atoms with van der Waals surface area (Å²) in [5.74, 6) is 1.61. The van der Waals surface area contributed by atoms with Crippen LogP contribution in [0, 0.1) is 5.92 Å². The van der Waals surface area contributed by atoms with E-state index in [2.05, 4.69) is 15.9 Å². The van der Waals surface area contributed by atoms with Gasteiger partial charge in [0.1, 0.15) is 0 Å². The molecule has 0 unspecified atom stereocenters. The average Bonchev–Trinajstić information content (AvgIpc) is 2.82. The van der Waals surface area contributed by atoms with Crippen LogP contribution in [0.25, 0.3) is 5.65 Å². The molecule has 18 heavy (non-hydrogen) atoms. The van der Waals surface area contributed by atoms with Crippen molar-refractivity contribution in [3.63, 3.8) is 0 Å². The second kappa shape index (κ2) is 4.98. The molecule has 96 valence electrons. The van der Waals surface area contributed by atoms with Crippen LogP contribution < -0.4 is 10.1 Å². The van der Waals surface area contributed by atoms with Crippen molar-refractivity contribution in [1.82, 2.24) is 14.7 Å². The summed E-state index contributed by atoms with van der Waals surface area (Å²) in [5, 5.41) is 3.40.